The number of carbonyl (C=O) groups is 2. The molecule has 0 radical (unpaired) electrons. The van der Waals surface area contributed by atoms with Crippen molar-refractivity contribution in [3.63, 3.8) is 0 Å². The molecule has 0 fully saturated rings. The van der Waals surface area contributed by atoms with Gasteiger partial charge in [-0.05, 0) is 48.7 Å². The first-order chi connectivity index (χ1) is 11.0. The molecule has 0 bridgehead atoms. The Balaban J connectivity index is 2.29. The molecule has 0 saturated heterocycles. The zero-order chi connectivity index (χ0) is 16.8. The minimum atomic E-state index is -1.02. The third-order valence-electron chi connectivity index (χ3n) is 2.94. The van der Waals surface area contributed by atoms with Crippen LogP contribution in [0, 0.1) is 0 Å². The minimum absolute atomic E-state index is 0.132. The zero-order valence-electron chi connectivity index (χ0n) is 12.6. The standard InChI is InChI=1S/C17H15NO4S/c1-11(19)22-16-8-7-15(23-2)9-12(16)3-5-14-6-4-13(10-18-14)17(20)21/h3-10H,1-2H3,(H,20,21)/b5-3+. The maximum Gasteiger partial charge on any atom is 0.337 e. The van der Waals surface area contributed by atoms with Gasteiger partial charge in [0.15, 0.2) is 0 Å². The fourth-order valence-corrected chi connectivity index (χ4v) is 2.29. The van der Waals surface area contributed by atoms with Crippen molar-refractivity contribution in [1.29, 1.82) is 0 Å². The van der Waals surface area contributed by atoms with Gasteiger partial charge in [0.1, 0.15) is 5.75 Å². The van der Waals surface area contributed by atoms with Crippen LogP contribution in [-0.4, -0.2) is 28.3 Å². The highest BCUT2D eigenvalue weighted by atomic mass is 32.2. The molecular weight excluding hydrogens is 314 g/mol. The van der Waals surface area contributed by atoms with Gasteiger partial charge in [0.25, 0.3) is 0 Å². The molecular formula is C17H15NO4S. The molecule has 1 heterocycles. The van der Waals surface area contributed by atoms with Gasteiger partial charge in [-0.15, -0.1) is 11.8 Å². The van der Waals surface area contributed by atoms with Gasteiger partial charge >= 0.3 is 11.9 Å². The van der Waals surface area contributed by atoms with E-state index in [9.17, 15) is 9.59 Å². The second kappa shape index (κ2) is 7.60. The number of pyridine rings is 1. The summed E-state index contributed by atoms with van der Waals surface area (Å²) in [5.41, 5.74) is 1.49. The highest BCUT2D eigenvalue weighted by molar-refractivity contribution is 7.98. The number of aromatic carboxylic acids is 1. The predicted molar refractivity (Wildman–Crippen MR) is 89.7 cm³/mol. The lowest BCUT2D eigenvalue weighted by Gasteiger charge is -2.07. The molecule has 1 N–H and O–H groups in total. The molecule has 1 aromatic heterocycles. The molecule has 0 atom stereocenters. The zero-order valence-corrected chi connectivity index (χ0v) is 13.5. The molecule has 0 amide bonds. The monoisotopic (exact) mass is 329 g/mol. The van der Waals surface area contributed by atoms with E-state index in [2.05, 4.69) is 4.98 Å². The van der Waals surface area contributed by atoms with Crippen LogP contribution in [0.15, 0.2) is 41.4 Å². The van der Waals surface area contributed by atoms with E-state index < -0.39 is 5.97 Å². The van der Waals surface area contributed by atoms with Crippen LogP contribution in [0.4, 0.5) is 0 Å². The minimum Gasteiger partial charge on any atom is -0.478 e. The second-order valence-electron chi connectivity index (χ2n) is 4.61. The fraction of sp³-hybridized carbons (Fsp3) is 0.118. The summed E-state index contributed by atoms with van der Waals surface area (Å²) >= 11 is 1.58. The number of hydrogen-bond acceptors (Lipinski definition) is 5. The van der Waals surface area contributed by atoms with Crippen LogP contribution in [0.5, 0.6) is 5.75 Å². The molecule has 2 rings (SSSR count). The van der Waals surface area contributed by atoms with Gasteiger partial charge in [0.2, 0.25) is 0 Å². The van der Waals surface area contributed by atoms with Gasteiger partial charge in [-0.3, -0.25) is 9.78 Å². The van der Waals surface area contributed by atoms with Crippen molar-refractivity contribution in [2.45, 2.75) is 11.8 Å². The van der Waals surface area contributed by atoms with Crippen molar-refractivity contribution in [2.24, 2.45) is 0 Å². The van der Waals surface area contributed by atoms with Crippen molar-refractivity contribution in [2.75, 3.05) is 6.26 Å². The van der Waals surface area contributed by atoms with Crippen molar-refractivity contribution >= 4 is 35.9 Å². The molecule has 23 heavy (non-hydrogen) atoms. The molecule has 0 aliphatic heterocycles. The third kappa shape index (κ3) is 4.69. The van der Waals surface area contributed by atoms with Gasteiger partial charge in [0, 0.05) is 23.6 Å². The fourth-order valence-electron chi connectivity index (χ4n) is 1.84. The average molecular weight is 329 g/mol. The number of hydrogen-bond donors (Lipinski definition) is 1. The summed E-state index contributed by atoms with van der Waals surface area (Å²) in [6.45, 7) is 1.35. The summed E-state index contributed by atoms with van der Waals surface area (Å²) in [4.78, 5) is 27.1. The van der Waals surface area contributed by atoms with Gasteiger partial charge in [-0.1, -0.05) is 0 Å². The quantitative estimate of drug-likeness (QED) is 0.513. The van der Waals surface area contributed by atoms with E-state index in [1.807, 2.05) is 18.4 Å². The normalized spacial score (nSPS) is 10.7. The Hall–Kier alpha value is -2.60. The third-order valence-corrected chi connectivity index (χ3v) is 3.66. The molecule has 0 unspecified atom stereocenters. The maximum atomic E-state index is 11.2. The van der Waals surface area contributed by atoms with Gasteiger partial charge in [-0.25, -0.2) is 4.79 Å². The van der Waals surface area contributed by atoms with E-state index in [0.29, 0.717) is 11.4 Å². The van der Waals surface area contributed by atoms with Crippen molar-refractivity contribution in [3.8, 4) is 5.75 Å². The SMILES string of the molecule is CSc1ccc(OC(C)=O)c(/C=C/c2ccc(C(=O)O)cn2)c1. The van der Waals surface area contributed by atoms with E-state index in [-0.39, 0.29) is 11.5 Å². The Bertz CT molecular complexity index is 754. The van der Waals surface area contributed by atoms with Crippen LogP contribution < -0.4 is 4.74 Å². The first-order valence-electron chi connectivity index (χ1n) is 6.73. The number of benzene rings is 1. The molecule has 2 aromatic rings. The lowest BCUT2D eigenvalue weighted by Crippen LogP contribution is -2.02. The van der Waals surface area contributed by atoms with Gasteiger partial charge in [0.05, 0.1) is 11.3 Å². The number of ether oxygens (including phenoxy) is 1. The summed E-state index contributed by atoms with van der Waals surface area (Å²) < 4.78 is 5.19. The molecule has 1 aromatic carbocycles. The number of carboxylic acid groups (broad SMARTS) is 1. The van der Waals surface area contributed by atoms with Crippen LogP contribution in [0.2, 0.25) is 0 Å². The Labute approximate surface area is 138 Å². The molecule has 6 heteroatoms. The van der Waals surface area contributed by atoms with Gasteiger partial charge in [-0.2, -0.15) is 0 Å². The number of aromatic nitrogens is 1. The van der Waals surface area contributed by atoms with Crippen LogP contribution in [-0.2, 0) is 4.79 Å². The summed E-state index contributed by atoms with van der Waals surface area (Å²) in [7, 11) is 0. The number of carbonyl (C=O) groups excluding carboxylic acids is 1. The predicted octanol–water partition coefficient (Wildman–Crippen LogP) is 3.60. The lowest BCUT2D eigenvalue weighted by atomic mass is 10.1. The number of nitrogens with zero attached hydrogens (tertiary/aromatic N) is 1. The Morgan fingerprint density at radius 3 is 2.57 bits per heavy atom. The first kappa shape index (κ1) is 16.8. The molecule has 0 aliphatic rings. The number of esters is 1. The highest BCUT2D eigenvalue weighted by Crippen LogP contribution is 2.26. The van der Waals surface area contributed by atoms with E-state index in [1.54, 1.807) is 36.0 Å². The highest BCUT2D eigenvalue weighted by Gasteiger charge is 2.06. The summed E-state index contributed by atoms with van der Waals surface area (Å²) in [5, 5.41) is 8.85. The Morgan fingerprint density at radius 1 is 1.22 bits per heavy atom. The van der Waals surface area contributed by atoms with E-state index in [1.165, 1.54) is 19.2 Å². The Morgan fingerprint density at radius 2 is 2.00 bits per heavy atom. The van der Waals surface area contributed by atoms with Crippen LogP contribution in [0.3, 0.4) is 0 Å². The lowest BCUT2D eigenvalue weighted by molar-refractivity contribution is -0.131. The van der Waals surface area contributed by atoms with Crippen molar-refractivity contribution in [1.82, 2.24) is 4.98 Å². The molecule has 118 valence electrons. The van der Waals surface area contributed by atoms with Crippen LogP contribution >= 0.6 is 11.8 Å². The largest absolute Gasteiger partial charge is 0.478 e. The average Bonchev–Trinajstić information content (AvgIpc) is 2.53. The molecule has 0 saturated carbocycles. The first-order valence-corrected chi connectivity index (χ1v) is 7.96. The number of carboxylic acids is 1. The number of thioether (sulfide) groups is 1. The Kier molecular flexibility index (Phi) is 5.54. The van der Waals surface area contributed by atoms with Crippen LogP contribution in [0.1, 0.15) is 28.5 Å². The maximum absolute atomic E-state index is 11.2. The second-order valence-corrected chi connectivity index (χ2v) is 5.49. The summed E-state index contributed by atoms with van der Waals surface area (Å²) in [6.07, 6.45) is 6.77. The topological polar surface area (TPSA) is 76.5 Å². The van der Waals surface area contributed by atoms with Crippen molar-refractivity contribution < 1.29 is 19.4 Å². The van der Waals surface area contributed by atoms with E-state index in [0.717, 1.165) is 10.5 Å². The summed E-state index contributed by atoms with van der Waals surface area (Å²) in [6, 6.07) is 8.63. The molecule has 0 aliphatic carbocycles. The smallest absolute Gasteiger partial charge is 0.337 e. The molecule has 0 spiro atoms. The summed E-state index contributed by atoms with van der Waals surface area (Å²) in [5.74, 6) is -0.938. The van der Waals surface area contributed by atoms with Crippen LogP contribution in [0.25, 0.3) is 12.2 Å². The van der Waals surface area contributed by atoms with Crippen molar-refractivity contribution in [3.05, 3.63) is 53.3 Å². The van der Waals surface area contributed by atoms with E-state index >= 15 is 0 Å². The number of rotatable bonds is 5. The van der Waals surface area contributed by atoms with Gasteiger partial charge < -0.3 is 9.84 Å². The molecule has 5 nitrogen and oxygen atoms in total. The van der Waals surface area contributed by atoms with E-state index in [4.69, 9.17) is 9.84 Å².